The van der Waals surface area contributed by atoms with Crippen molar-refractivity contribution in [2.45, 2.75) is 0 Å². The maximum atomic E-state index is 11.1. The van der Waals surface area contributed by atoms with E-state index in [1.807, 2.05) is 5.38 Å². The molecule has 2 rings (SSSR count). The third-order valence-corrected chi connectivity index (χ3v) is 2.33. The number of aromatic nitrogens is 2. The number of thiazole rings is 1. The van der Waals surface area contributed by atoms with E-state index >= 15 is 0 Å². The molecule has 0 aliphatic carbocycles. The van der Waals surface area contributed by atoms with Crippen LogP contribution in [0.5, 0.6) is 0 Å². The Balaban J connectivity index is 2.61. The Labute approximate surface area is 72.4 Å². The number of hydrogen-bond donors (Lipinski definition) is 0. The number of ether oxygens (including phenoxy) is 1. The summed E-state index contributed by atoms with van der Waals surface area (Å²) in [5.41, 5.74) is 0. The third-order valence-electron chi connectivity index (χ3n) is 1.53. The summed E-state index contributed by atoms with van der Waals surface area (Å²) in [5.74, 6) is -0.0813. The number of carbonyl (C=O) groups is 1. The van der Waals surface area contributed by atoms with Crippen molar-refractivity contribution in [3.05, 3.63) is 23.6 Å². The first-order valence-electron chi connectivity index (χ1n) is 3.32. The molecule has 0 spiro atoms. The standard InChI is InChI=1S/C7H6N2O2S/c1-11-7(10)6-8-4-5-9(6)2-3-12-5/h2-4H,1H3. The summed E-state index contributed by atoms with van der Waals surface area (Å²) in [6, 6.07) is 0. The second kappa shape index (κ2) is 2.60. The molecule has 0 aromatic carbocycles. The molecule has 0 aliphatic rings. The van der Waals surface area contributed by atoms with Crippen molar-refractivity contribution in [2.24, 2.45) is 0 Å². The van der Waals surface area contributed by atoms with Crippen LogP contribution >= 0.6 is 11.3 Å². The summed E-state index contributed by atoms with van der Waals surface area (Å²) >= 11 is 1.53. The van der Waals surface area contributed by atoms with E-state index in [4.69, 9.17) is 0 Å². The van der Waals surface area contributed by atoms with Gasteiger partial charge in [0.15, 0.2) is 0 Å². The lowest BCUT2D eigenvalue weighted by atomic mass is 10.6. The Morgan fingerprint density at radius 2 is 2.58 bits per heavy atom. The van der Waals surface area contributed by atoms with E-state index in [-0.39, 0.29) is 0 Å². The second-order valence-corrected chi connectivity index (χ2v) is 3.11. The average Bonchev–Trinajstić information content (AvgIpc) is 2.62. The fourth-order valence-corrected chi connectivity index (χ4v) is 1.68. The minimum absolute atomic E-state index is 0.328. The SMILES string of the molecule is COC(=O)c1ncc2sccn12. The molecule has 12 heavy (non-hydrogen) atoms. The van der Waals surface area contributed by atoms with Gasteiger partial charge in [-0.1, -0.05) is 0 Å². The van der Waals surface area contributed by atoms with Gasteiger partial charge in [0.25, 0.3) is 0 Å². The fraction of sp³-hybridized carbons (Fsp3) is 0.143. The number of esters is 1. The zero-order valence-electron chi connectivity index (χ0n) is 6.35. The van der Waals surface area contributed by atoms with E-state index in [0.29, 0.717) is 5.82 Å². The molecule has 62 valence electrons. The lowest BCUT2D eigenvalue weighted by Crippen LogP contribution is -2.05. The molecule has 0 saturated carbocycles. The fourth-order valence-electron chi connectivity index (χ4n) is 0.980. The highest BCUT2D eigenvalue weighted by atomic mass is 32.1. The van der Waals surface area contributed by atoms with E-state index in [1.165, 1.54) is 18.4 Å². The Morgan fingerprint density at radius 3 is 3.33 bits per heavy atom. The Bertz CT molecular complexity index is 418. The molecule has 0 fully saturated rings. The number of carbonyl (C=O) groups excluding carboxylic acids is 1. The number of nitrogens with zero attached hydrogens (tertiary/aromatic N) is 2. The van der Waals surface area contributed by atoms with Crippen LogP contribution in [0.2, 0.25) is 0 Å². The van der Waals surface area contributed by atoms with E-state index < -0.39 is 5.97 Å². The van der Waals surface area contributed by atoms with Crippen LogP contribution < -0.4 is 0 Å². The predicted molar refractivity (Wildman–Crippen MR) is 44.4 cm³/mol. The molecule has 0 radical (unpaired) electrons. The molecule has 5 heteroatoms. The van der Waals surface area contributed by atoms with Crippen LogP contribution in [0.3, 0.4) is 0 Å². The van der Waals surface area contributed by atoms with Gasteiger partial charge < -0.3 is 4.74 Å². The van der Waals surface area contributed by atoms with Gasteiger partial charge in [-0.2, -0.15) is 0 Å². The summed E-state index contributed by atoms with van der Waals surface area (Å²) in [6.07, 6.45) is 3.44. The Hall–Kier alpha value is -1.36. The molecule has 0 saturated heterocycles. The van der Waals surface area contributed by atoms with Crippen molar-refractivity contribution < 1.29 is 9.53 Å². The summed E-state index contributed by atoms with van der Waals surface area (Å²) in [4.78, 5) is 16.0. The first-order valence-corrected chi connectivity index (χ1v) is 4.20. The summed E-state index contributed by atoms with van der Waals surface area (Å²) in [7, 11) is 1.34. The quantitative estimate of drug-likeness (QED) is 0.622. The molecule has 0 bridgehead atoms. The number of imidazole rings is 1. The topological polar surface area (TPSA) is 43.6 Å². The lowest BCUT2D eigenvalue weighted by Gasteiger charge is -1.93. The minimum atomic E-state index is -0.409. The average molecular weight is 182 g/mol. The van der Waals surface area contributed by atoms with E-state index in [9.17, 15) is 4.79 Å². The van der Waals surface area contributed by atoms with Crippen LogP contribution in [0.15, 0.2) is 17.8 Å². The van der Waals surface area contributed by atoms with Gasteiger partial charge >= 0.3 is 5.97 Å². The Kier molecular flexibility index (Phi) is 1.58. The highest BCUT2D eigenvalue weighted by molar-refractivity contribution is 7.15. The molecule has 0 aliphatic heterocycles. The highest BCUT2D eigenvalue weighted by Crippen LogP contribution is 2.13. The van der Waals surface area contributed by atoms with Gasteiger partial charge in [-0.25, -0.2) is 9.78 Å². The van der Waals surface area contributed by atoms with Gasteiger partial charge in [-0.05, 0) is 0 Å². The van der Waals surface area contributed by atoms with Gasteiger partial charge in [0.05, 0.1) is 13.3 Å². The molecule has 2 aromatic heterocycles. The molecule has 2 aromatic rings. The van der Waals surface area contributed by atoms with Crippen LogP contribution in [0.25, 0.3) is 4.83 Å². The molecule has 0 N–H and O–H groups in total. The monoisotopic (exact) mass is 182 g/mol. The van der Waals surface area contributed by atoms with Gasteiger partial charge in [-0.3, -0.25) is 4.40 Å². The number of methoxy groups -OCH3 is 1. The van der Waals surface area contributed by atoms with E-state index in [0.717, 1.165) is 4.83 Å². The minimum Gasteiger partial charge on any atom is -0.463 e. The van der Waals surface area contributed by atoms with Crippen molar-refractivity contribution in [2.75, 3.05) is 7.11 Å². The summed E-state index contributed by atoms with van der Waals surface area (Å²) in [5, 5.41) is 1.89. The zero-order valence-corrected chi connectivity index (χ0v) is 7.17. The second-order valence-electron chi connectivity index (χ2n) is 2.18. The maximum absolute atomic E-state index is 11.1. The predicted octanol–water partition coefficient (Wildman–Crippen LogP) is 1.18. The van der Waals surface area contributed by atoms with Crippen LogP contribution in [-0.2, 0) is 4.74 Å². The van der Waals surface area contributed by atoms with Crippen molar-refractivity contribution in [3.63, 3.8) is 0 Å². The number of rotatable bonds is 1. The summed E-state index contributed by atoms with van der Waals surface area (Å²) < 4.78 is 6.26. The smallest absolute Gasteiger partial charge is 0.374 e. The van der Waals surface area contributed by atoms with Crippen LogP contribution in [0, 0.1) is 0 Å². The number of hydrogen-bond acceptors (Lipinski definition) is 4. The van der Waals surface area contributed by atoms with Gasteiger partial charge in [0, 0.05) is 11.6 Å². The molecular formula is C7H6N2O2S. The van der Waals surface area contributed by atoms with Crippen LogP contribution in [0.1, 0.15) is 10.6 Å². The highest BCUT2D eigenvalue weighted by Gasteiger charge is 2.12. The van der Waals surface area contributed by atoms with E-state index in [1.54, 1.807) is 16.8 Å². The first kappa shape index (κ1) is 7.30. The zero-order chi connectivity index (χ0) is 8.55. The summed E-state index contributed by atoms with van der Waals surface area (Å²) in [6.45, 7) is 0. The molecule has 0 atom stereocenters. The normalized spacial score (nSPS) is 10.4. The molecular weight excluding hydrogens is 176 g/mol. The van der Waals surface area contributed by atoms with E-state index in [2.05, 4.69) is 9.72 Å². The van der Waals surface area contributed by atoms with Crippen molar-refractivity contribution in [1.82, 2.24) is 9.38 Å². The molecule has 2 heterocycles. The van der Waals surface area contributed by atoms with Gasteiger partial charge in [-0.15, -0.1) is 11.3 Å². The van der Waals surface area contributed by atoms with Crippen LogP contribution in [-0.4, -0.2) is 22.5 Å². The van der Waals surface area contributed by atoms with Crippen molar-refractivity contribution in [3.8, 4) is 0 Å². The first-order chi connectivity index (χ1) is 5.83. The molecule has 0 amide bonds. The van der Waals surface area contributed by atoms with Crippen molar-refractivity contribution >= 4 is 22.1 Å². The molecule has 4 nitrogen and oxygen atoms in total. The number of fused-ring (bicyclic) bond motifs is 1. The van der Waals surface area contributed by atoms with Gasteiger partial charge in [0.2, 0.25) is 5.82 Å². The largest absolute Gasteiger partial charge is 0.463 e. The molecule has 0 unspecified atom stereocenters. The van der Waals surface area contributed by atoms with Crippen LogP contribution in [0.4, 0.5) is 0 Å². The lowest BCUT2D eigenvalue weighted by molar-refractivity contribution is 0.0586. The maximum Gasteiger partial charge on any atom is 0.374 e. The van der Waals surface area contributed by atoms with Crippen molar-refractivity contribution in [1.29, 1.82) is 0 Å². The Morgan fingerprint density at radius 1 is 1.75 bits per heavy atom. The third kappa shape index (κ3) is 0.902. The van der Waals surface area contributed by atoms with Gasteiger partial charge in [0.1, 0.15) is 4.83 Å².